The molecule has 3 N–H and O–H groups in total. The van der Waals surface area contributed by atoms with Gasteiger partial charge in [0.1, 0.15) is 11.7 Å². The van der Waals surface area contributed by atoms with Crippen LogP contribution in [0.1, 0.15) is 53.1 Å². The summed E-state index contributed by atoms with van der Waals surface area (Å²) in [7, 11) is 0. The average Bonchev–Trinajstić information content (AvgIpc) is 3.32. The van der Waals surface area contributed by atoms with Crippen molar-refractivity contribution < 1.29 is 18.4 Å². The molecule has 200 valence electrons. The molecule has 0 saturated heterocycles. The van der Waals surface area contributed by atoms with Gasteiger partial charge in [-0.2, -0.15) is 0 Å². The van der Waals surface area contributed by atoms with E-state index in [0.717, 1.165) is 34.6 Å². The molecule has 0 bridgehead atoms. The number of nitrogens with zero attached hydrogens (tertiary/aromatic N) is 2. The van der Waals surface area contributed by atoms with Crippen LogP contribution in [-0.4, -0.2) is 39.9 Å². The van der Waals surface area contributed by atoms with Crippen molar-refractivity contribution in [3.63, 3.8) is 0 Å². The molecule has 5 rings (SSSR count). The quantitative estimate of drug-likeness (QED) is 0.434. The van der Waals surface area contributed by atoms with Gasteiger partial charge in [0.05, 0.1) is 0 Å². The lowest BCUT2D eigenvalue weighted by Crippen LogP contribution is -2.51. The highest BCUT2D eigenvalue weighted by molar-refractivity contribution is 6.01. The molecule has 7 nitrogen and oxygen atoms in total. The molecule has 2 atom stereocenters. The minimum absolute atomic E-state index is 0.195. The fourth-order valence-electron chi connectivity index (χ4n) is 5.71. The van der Waals surface area contributed by atoms with E-state index in [1.165, 1.54) is 0 Å². The number of rotatable bonds is 6. The third-order valence-corrected chi connectivity index (χ3v) is 7.63. The van der Waals surface area contributed by atoms with Crippen molar-refractivity contribution in [3.05, 3.63) is 71.3 Å². The first kappa shape index (κ1) is 26.0. The van der Waals surface area contributed by atoms with Crippen LogP contribution in [0.3, 0.4) is 0 Å². The number of amides is 2. The summed E-state index contributed by atoms with van der Waals surface area (Å²) in [6.45, 7) is 5.98. The number of benzene rings is 1. The second-order valence-corrected chi connectivity index (χ2v) is 10.4. The van der Waals surface area contributed by atoms with E-state index in [-0.39, 0.29) is 6.42 Å². The van der Waals surface area contributed by atoms with Crippen molar-refractivity contribution in [3.8, 4) is 11.1 Å². The minimum atomic E-state index is -2.85. The standard InChI is InChI=1S/C29H33F2N5O2/c1-18-11-13-33-19(2)25(18)20-5-7-22(8-6-20)34-28(38)26(21-4-3-12-29(30,31)16-21)35-27(37)24-10-9-23-17-32-14-15-36(23)24/h5-11,13,21,26,32H,3-4,12,14-17H2,1-2H3,(H,34,38)(H,35,37)/t21-,26?/m0/s1. The van der Waals surface area contributed by atoms with E-state index in [4.69, 9.17) is 0 Å². The van der Waals surface area contributed by atoms with E-state index >= 15 is 0 Å². The molecule has 38 heavy (non-hydrogen) atoms. The lowest BCUT2D eigenvalue weighted by Gasteiger charge is -2.34. The lowest BCUT2D eigenvalue weighted by molar-refractivity contribution is -0.121. The number of halogens is 2. The van der Waals surface area contributed by atoms with Gasteiger partial charge in [0.2, 0.25) is 11.8 Å². The molecule has 2 aromatic heterocycles. The van der Waals surface area contributed by atoms with Crippen LogP contribution in [0.25, 0.3) is 11.1 Å². The number of aryl methyl sites for hydroxylation is 2. The number of nitrogens with one attached hydrogen (secondary N) is 3. The zero-order valence-corrected chi connectivity index (χ0v) is 21.7. The summed E-state index contributed by atoms with van der Waals surface area (Å²) in [6, 6.07) is 11.8. The highest BCUT2D eigenvalue weighted by Crippen LogP contribution is 2.38. The smallest absolute Gasteiger partial charge is 0.268 e. The Kier molecular flexibility index (Phi) is 7.29. The molecule has 1 aliphatic heterocycles. The minimum Gasteiger partial charge on any atom is -0.339 e. The normalized spacial score (nSPS) is 19.3. The molecule has 0 radical (unpaired) electrons. The molecule has 3 heterocycles. The van der Waals surface area contributed by atoms with Crippen molar-refractivity contribution >= 4 is 17.5 Å². The van der Waals surface area contributed by atoms with Gasteiger partial charge in [0.25, 0.3) is 5.91 Å². The van der Waals surface area contributed by atoms with Crippen LogP contribution >= 0.6 is 0 Å². The van der Waals surface area contributed by atoms with Gasteiger partial charge < -0.3 is 20.5 Å². The molecule has 2 amide bonds. The maximum Gasteiger partial charge on any atom is 0.268 e. The number of hydrogen-bond donors (Lipinski definition) is 3. The Morgan fingerprint density at radius 3 is 2.66 bits per heavy atom. The molecular formula is C29H33F2N5O2. The molecule has 1 unspecified atom stereocenters. The molecule has 0 spiro atoms. The van der Waals surface area contributed by atoms with Gasteiger partial charge in [0.15, 0.2) is 0 Å². The van der Waals surface area contributed by atoms with E-state index < -0.39 is 36.1 Å². The highest BCUT2D eigenvalue weighted by Gasteiger charge is 2.42. The number of hydrogen-bond acceptors (Lipinski definition) is 4. The van der Waals surface area contributed by atoms with E-state index in [2.05, 4.69) is 20.9 Å². The number of carbonyl (C=O) groups excluding carboxylic acids is 2. The van der Waals surface area contributed by atoms with Crippen LogP contribution in [0.5, 0.6) is 0 Å². The Morgan fingerprint density at radius 2 is 1.92 bits per heavy atom. The van der Waals surface area contributed by atoms with Crippen molar-refractivity contribution in [1.82, 2.24) is 20.2 Å². The van der Waals surface area contributed by atoms with Gasteiger partial charge in [-0.05, 0) is 74.1 Å². The zero-order chi connectivity index (χ0) is 26.9. The topological polar surface area (TPSA) is 88.1 Å². The molecule has 1 fully saturated rings. The van der Waals surface area contributed by atoms with Crippen LogP contribution in [-0.2, 0) is 17.9 Å². The molecule has 1 saturated carbocycles. The molecular weight excluding hydrogens is 488 g/mol. The van der Waals surface area contributed by atoms with Gasteiger partial charge in [-0.3, -0.25) is 14.6 Å². The number of pyridine rings is 1. The Balaban J connectivity index is 1.36. The first-order valence-electron chi connectivity index (χ1n) is 13.1. The van der Waals surface area contributed by atoms with Gasteiger partial charge >= 0.3 is 0 Å². The van der Waals surface area contributed by atoms with Crippen molar-refractivity contribution in [2.45, 2.75) is 64.6 Å². The Hall–Kier alpha value is -3.59. The Morgan fingerprint density at radius 1 is 1.13 bits per heavy atom. The van der Waals surface area contributed by atoms with Crippen LogP contribution in [0.2, 0.25) is 0 Å². The molecule has 1 aromatic carbocycles. The third kappa shape index (κ3) is 5.48. The van der Waals surface area contributed by atoms with Crippen molar-refractivity contribution in [2.24, 2.45) is 5.92 Å². The van der Waals surface area contributed by atoms with Gasteiger partial charge in [0, 0.05) is 61.3 Å². The van der Waals surface area contributed by atoms with Gasteiger partial charge in [-0.25, -0.2) is 8.78 Å². The van der Waals surface area contributed by atoms with Gasteiger partial charge in [-0.15, -0.1) is 0 Å². The second kappa shape index (κ2) is 10.6. The number of aromatic nitrogens is 2. The lowest BCUT2D eigenvalue weighted by atomic mass is 9.81. The molecule has 1 aliphatic carbocycles. The number of fused-ring (bicyclic) bond motifs is 1. The predicted octanol–water partition coefficient (Wildman–Crippen LogP) is 4.83. The second-order valence-electron chi connectivity index (χ2n) is 10.4. The monoisotopic (exact) mass is 521 g/mol. The van der Waals surface area contributed by atoms with E-state index in [1.807, 2.05) is 42.7 Å². The summed E-state index contributed by atoms with van der Waals surface area (Å²) >= 11 is 0. The fourth-order valence-corrected chi connectivity index (χ4v) is 5.71. The summed E-state index contributed by atoms with van der Waals surface area (Å²) in [5, 5.41) is 8.93. The first-order valence-corrected chi connectivity index (χ1v) is 13.1. The number of alkyl halides is 2. The largest absolute Gasteiger partial charge is 0.339 e. The zero-order valence-electron chi connectivity index (χ0n) is 21.7. The fraction of sp³-hybridized carbons (Fsp3) is 0.414. The van der Waals surface area contributed by atoms with E-state index in [1.54, 1.807) is 24.4 Å². The summed E-state index contributed by atoms with van der Waals surface area (Å²) < 4.78 is 30.6. The van der Waals surface area contributed by atoms with Crippen LogP contribution in [0.4, 0.5) is 14.5 Å². The summed E-state index contributed by atoms with van der Waals surface area (Å²) in [6.07, 6.45) is 1.90. The Labute approximate surface area is 221 Å². The first-order chi connectivity index (χ1) is 18.2. The molecule has 9 heteroatoms. The summed E-state index contributed by atoms with van der Waals surface area (Å²) in [4.78, 5) is 31.1. The summed E-state index contributed by atoms with van der Waals surface area (Å²) in [5.41, 5.74) is 5.95. The van der Waals surface area contributed by atoms with E-state index in [9.17, 15) is 18.4 Å². The number of carbonyl (C=O) groups is 2. The highest BCUT2D eigenvalue weighted by atomic mass is 19.3. The average molecular weight is 522 g/mol. The maximum atomic E-state index is 14.4. The van der Waals surface area contributed by atoms with Crippen molar-refractivity contribution in [1.29, 1.82) is 0 Å². The van der Waals surface area contributed by atoms with Crippen LogP contribution in [0, 0.1) is 19.8 Å². The molecule has 2 aliphatic rings. The Bertz CT molecular complexity index is 1310. The maximum absolute atomic E-state index is 14.4. The van der Waals surface area contributed by atoms with Crippen LogP contribution in [0.15, 0.2) is 48.7 Å². The van der Waals surface area contributed by atoms with Gasteiger partial charge in [-0.1, -0.05) is 12.1 Å². The van der Waals surface area contributed by atoms with Crippen molar-refractivity contribution in [2.75, 3.05) is 11.9 Å². The SMILES string of the molecule is Cc1ccnc(C)c1-c1ccc(NC(=O)C(NC(=O)c2ccc3n2CCNC3)[C@H]2CCCC(F)(F)C2)cc1. The number of anilines is 1. The molecule has 3 aromatic rings. The predicted molar refractivity (Wildman–Crippen MR) is 142 cm³/mol. The third-order valence-electron chi connectivity index (χ3n) is 7.63. The van der Waals surface area contributed by atoms with E-state index in [0.29, 0.717) is 37.3 Å². The summed E-state index contributed by atoms with van der Waals surface area (Å²) in [5.74, 6) is -4.44. The van der Waals surface area contributed by atoms with Crippen LogP contribution < -0.4 is 16.0 Å².